The van der Waals surface area contributed by atoms with Crippen molar-refractivity contribution in [3.8, 4) is 23.0 Å². The van der Waals surface area contributed by atoms with Crippen LogP contribution in [0.3, 0.4) is 0 Å². The molecule has 0 radical (unpaired) electrons. The predicted octanol–water partition coefficient (Wildman–Crippen LogP) is 5.39. The fourth-order valence-corrected chi connectivity index (χ4v) is 4.49. The Balaban J connectivity index is 2.02. The van der Waals surface area contributed by atoms with Crippen molar-refractivity contribution in [3.05, 3.63) is 82.4 Å². The third-order valence-electron chi connectivity index (χ3n) is 6.02. The van der Waals surface area contributed by atoms with Gasteiger partial charge in [0.25, 0.3) is 11.7 Å². The number of ether oxygens (including phenoxy) is 4. The first kappa shape index (κ1) is 25.9. The molecule has 1 amide bonds. The predicted molar refractivity (Wildman–Crippen MR) is 140 cm³/mol. The van der Waals surface area contributed by atoms with Crippen LogP contribution in [0.15, 0.2) is 66.2 Å². The number of halogens is 1. The number of amides is 1. The summed E-state index contributed by atoms with van der Waals surface area (Å²) in [7, 11) is 4.39. The van der Waals surface area contributed by atoms with Gasteiger partial charge in [0.1, 0.15) is 22.8 Å². The summed E-state index contributed by atoms with van der Waals surface area (Å²) in [6.07, 6.45) is 0. The Morgan fingerprint density at radius 2 is 1.51 bits per heavy atom. The molecule has 192 valence electrons. The lowest BCUT2D eigenvalue weighted by atomic mass is 9.94. The van der Waals surface area contributed by atoms with Crippen molar-refractivity contribution >= 4 is 34.7 Å². The number of aliphatic hydroxyl groups excluding tert-OH is 1. The van der Waals surface area contributed by atoms with Gasteiger partial charge in [-0.3, -0.25) is 14.5 Å². The van der Waals surface area contributed by atoms with E-state index in [9.17, 15) is 14.7 Å². The van der Waals surface area contributed by atoms with Gasteiger partial charge in [-0.1, -0.05) is 23.7 Å². The van der Waals surface area contributed by atoms with Crippen molar-refractivity contribution in [1.82, 2.24) is 0 Å². The molecule has 8 nitrogen and oxygen atoms in total. The number of hydrogen-bond acceptors (Lipinski definition) is 7. The lowest BCUT2D eigenvalue weighted by molar-refractivity contribution is -0.132. The number of rotatable bonds is 8. The molecule has 1 aliphatic rings. The normalized spacial score (nSPS) is 16.6. The van der Waals surface area contributed by atoms with Crippen molar-refractivity contribution in [1.29, 1.82) is 0 Å². The largest absolute Gasteiger partial charge is 0.506 e. The van der Waals surface area contributed by atoms with Gasteiger partial charge in [0.15, 0.2) is 11.5 Å². The summed E-state index contributed by atoms with van der Waals surface area (Å²) in [5.41, 5.74) is 0.977. The van der Waals surface area contributed by atoms with E-state index in [1.54, 1.807) is 60.7 Å². The molecule has 37 heavy (non-hydrogen) atoms. The third-order valence-corrected chi connectivity index (χ3v) is 6.27. The minimum absolute atomic E-state index is 0.129. The van der Waals surface area contributed by atoms with Crippen LogP contribution in [0.4, 0.5) is 5.69 Å². The molecule has 3 aromatic carbocycles. The van der Waals surface area contributed by atoms with E-state index < -0.39 is 23.5 Å². The fourth-order valence-electron chi connectivity index (χ4n) is 4.37. The van der Waals surface area contributed by atoms with Crippen molar-refractivity contribution < 1.29 is 33.6 Å². The van der Waals surface area contributed by atoms with E-state index in [2.05, 4.69) is 0 Å². The van der Waals surface area contributed by atoms with E-state index in [0.29, 0.717) is 34.4 Å². The quantitative estimate of drug-likeness (QED) is 0.240. The molecule has 1 aliphatic heterocycles. The standard InChI is InChI=1S/C28H26ClNO7/c1-5-37-22-15-16(9-14-19(22)34-2)25-24(26(31)23-20(35-3)7-6-8-21(23)36-4)27(32)28(33)30(25)18-12-10-17(29)11-13-18/h6-15,25,31H,5H2,1-4H3/b26-24+. The van der Waals surface area contributed by atoms with Crippen molar-refractivity contribution in [2.24, 2.45) is 0 Å². The first-order valence-corrected chi connectivity index (χ1v) is 11.8. The zero-order valence-corrected chi connectivity index (χ0v) is 21.5. The summed E-state index contributed by atoms with van der Waals surface area (Å²) in [6, 6.07) is 15.6. The van der Waals surface area contributed by atoms with Gasteiger partial charge in [-0.25, -0.2) is 0 Å². The highest BCUT2D eigenvalue weighted by Gasteiger charge is 2.47. The van der Waals surface area contributed by atoms with Gasteiger partial charge < -0.3 is 24.1 Å². The number of nitrogens with zero attached hydrogens (tertiary/aromatic N) is 1. The first-order valence-electron chi connectivity index (χ1n) is 11.4. The van der Waals surface area contributed by atoms with Crippen LogP contribution in [-0.4, -0.2) is 44.7 Å². The zero-order valence-electron chi connectivity index (χ0n) is 20.8. The Hall–Kier alpha value is -4.17. The molecular weight excluding hydrogens is 498 g/mol. The van der Waals surface area contributed by atoms with Crippen molar-refractivity contribution in [2.75, 3.05) is 32.8 Å². The number of methoxy groups -OCH3 is 3. The summed E-state index contributed by atoms with van der Waals surface area (Å²) >= 11 is 6.07. The molecule has 0 bridgehead atoms. The van der Waals surface area contributed by atoms with E-state index in [1.165, 1.54) is 26.2 Å². The summed E-state index contributed by atoms with van der Waals surface area (Å²) in [4.78, 5) is 28.3. The summed E-state index contributed by atoms with van der Waals surface area (Å²) < 4.78 is 22.0. The summed E-state index contributed by atoms with van der Waals surface area (Å²) in [5.74, 6) is -0.630. The number of carbonyl (C=O) groups is 2. The van der Waals surface area contributed by atoms with E-state index in [0.717, 1.165) is 0 Å². The van der Waals surface area contributed by atoms with E-state index >= 15 is 0 Å². The monoisotopic (exact) mass is 523 g/mol. The van der Waals surface area contributed by atoms with Crippen LogP contribution in [0.5, 0.6) is 23.0 Å². The van der Waals surface area contributed by atoms with Crippen LogP contribution >= 0.6 is 11.6 Å². The van der Waals surface area contributed by atoms with Crippen LogP contribution in [0.2, 0.25) is 5.02 Å². The Bertz CT molecular complexity index is 1350. The second-order valence-electron chi connectivity index (χ2n) is 8.03. The number of anilines is 1. The van der Waals surface area contributed by atoms with Crippen LogP contribution in [0.1, 0.15) is 24.1 Å². The van der Waals surface area contributed by atoms with Crippen LogP contribution in [-0.2, 0) is 9.59 Å². The molecule has 1 saturated heterocycles. The molecule has 4 rings (SSSR count). The Labute approximate surface area is 219 Å². The number of aliphatic hydroxyl groups is 1. The number of ketones is 1. The van der Waals surface area contributed by atoms with Crippen LogP contribution < -0.4 is 23.8 Å². The van der Waals surface area contributed by atoms with Crippen LogP contribution in [0.25, 0.3) is 5.76 Å². The van der Waals surface area contributed by atoms with Gasteiger partial charge >= 0.3 is 0 Å². The highest BCUT2D eigenvalue weighted by Crippen LogP contribution is 2.46. The highest BCUT2D eigenvalue weighted by molar-refractivity contribution is 6.51. The molecule has 9 heteroatoms. The maximum Gasteiger partial charge on any atom is 0.300 e. The molecule has 1 unspecified atom stereocenters. The number of Topliss-reactive ketones (excluding diaryl/α,β-unsaturated/α-hetero) is 1. The van der Waals surface area contributed by atoms with Crippen molar-refractivity contribution in [2.45, 2.75) is 13.0 Å². The Morgan fingerprint density at radius 1 is 0.892 bits per heavy atom. The molecular formula is C28H26ClNO7. The van der Waals surface area contributed by atoms with Gasteiger partial charge in [0, 0.05) is 10.7 Å². The molecule has 1 heterocycles. The van der Waals surface area contributed by atoms with E-state index in [-0.39, 0.29) is 22.6 Å². The minimum Gasteiger partial charge on any atom is -0.506 e. The molecule has 0 aliphatic carbocycles. The molecule has 0 saturated carbocycles. The van der Waals surface area contributed by atoms with Gasteiger partial charge in [0.2, 0.25) is 0 Å². The zero-order chi connectivity index (χ0) is 26.7. The smallest absolute Gasteiger partial charge is 0.300 e. The average Bonchev–Trinajstić information content (AvgIpc) is 3.18. The molecule has 3 aromatic rings. The lowest BCUT2D eigenvalue weighted by Crippen LogP contribution is -2.29. The fraction of sp³-hybridized carbons (Fsp3) is 0.214. The molecule has 0 aromatic heterocycles. The van der Waals surface area contributed by atoms with Gasteiger partial charge in [-0.05, 0) is 61.0 Å². The van der Waals surface area contributed by atoms with Gasteiger partial charge in [-0.15, -0.1) is 0 Å². The Kier molecular flexibility index (Phi) is 7.59. The topological polar surface area (TPSA) is 94.5 Å². The first-order chi connectivity index (χ1) is 17.9. The van der Waals surface area contributed by atoms with Gasteiger partial charge in [-0.2, -0.15) is 0 Å². The summed E-state index contributed by atoms with van der Waals surface area (Å²) in [6.45, 7) is 2.20. The molecule has 1 atom stereocenters. The van der Waals surface area contributed by atoms with Crippen molar-refractivity contribution in [3.63, 3.8) is 0 Å². The third kappa shape index (κ3) is 4.68. The maximum atomic E-state index is 13.5. The van der Waals surface area contributed by atoms with Crippen LogP contribution in [0, 0.1) is 0 Å². The Morgan fingerprint density at radius 3 is 2.08 bits per heavy atom. The lowest BCUT2D eigenvalue weighted by Gasteiger charge is -2.26. The SMILES string of the molecule is CCOc1cc(C2/C(=C(\O)c3c(OC)cccc3OC)C(=O)C(=O)N2c2ccc(Cl)cc2)ccc1OC. The number of benzene rings is 3. The summed E-state index contributed by atoms with van der Waals surface area (Å²) in [5, 5.41) is 12.1. The van der Waals surface area contributed by atoms with E-state index in [4.69, 9.17) is 30.5 Å². The van der Waals surface area contributed by atoms with Gasteiger partial charge in [0.05, 0.1) is 39.6 Å². The number of hydrogen-bond donors (Lipinski definition) is 1. The molecule has 1 fully saturated rings. The second kappa shape index (κ2) is 10.8. The second-order valence-corrected chi connectivity index (χ2v) is 8.46. The van der Waals surface area contributed by atoms with E-state index in [1.807, 2.05) is 6.92 Å². The molecule has 1 N–H and O–H groups in total. The molecule has 0 spiro atoms. The highest BCUT2D eigenvalue weighted by atomic mass is 35.5. The number of carbonyl (C=O) groups excluding carboxylic acids is 2. The maximum absolute atomic E-state index is 13.5. The minimum atomic E-state index is -0.999. The average molecular weight is 524 g/mol.